The summed E-state index contributed by atoms with van der Waals surface area (Å²) in [6, 6.07) is 11.8. The van der Waals surface area contributed by atoms with E-state index in [1.54, 1.807) is 19.4 Å². The predicted molar refractivity (Wildman–Crippen MR) is 128 cm³/mol. The van der Waals surface area contributed by atoms with E-state index in [0.29, 0.717) is 29.7 Å². The van der Waals surface area contributed by atoms with Crippen molar-refractivity contribution in [1.29, 1.82) is 0 Å². The van der Waals surface area contributed by atoms with Gasteiger partial charge in [-0.25, -0.2) is 4.98 Å². The first kappa shape index (κ1) is 22.5. The topological polar surface area (TPSA) is 109 Å². The Hall–Kier alpha value is -3.27. The highest BCUT2D eigenvalue weighted by molar-refractivity contribution is 5.95. The SMILES string of the molecule is COc1ccc2nccc([C@@H](O)CN3CCC(NCc4ccc5c(c4)NC(=O)CO5)CC3)c2n1. The first-order valence-corrected chi connectivity index (χ1v) is 11.6. The number of aliphatic hydroxyl groups is 1. The molecule has 5 rings (SSSR count). The summed E-state index contributed by atoms with van der Waals surface area (Å²) in [7, 11) is 1.58. The van der Waals surface area contributed by atoms with E-state index in [0.717, 1.165) is 54.8 Å². The van der Waals surface area contributed by atoms with Crippen molar-refractivity contribution in [1.82, 2.24) is 20.2 Å². The van der Waals surface area contributed by atoms with Crippen LogP contribution >= 0.6 is 0 Å². The van der Waals surface area contributed by atoms with Gasteiger partial charge in [-0.1, -0.05) is 6.07 Å². The Morgan fingerprint density at radius 3 is 2.94 bits per heavy atom. The molecule has 3 N–H and O–H groups in total. The van der Waals surface area contributed by atoms with Gasteiger partial charge in [0.1, 0.15) is 5.75 Å². The van der Waals surface area contributed by atoms with Gasteiger partial charge in [0.25, 0.3) is 5.91 Å². The average Bonchev–Trinajstić information content (AvgIpc) is 2.87. The maximum absolute atomic E-state index is 11.5. The van der Waals surface area contributed by atoms with Gasteiger partial charge in [-0.15, -0.1) is 0 Å². The van der Waals surface area contributed by atoms with Crippen LogP contribution in [0.1, 0.15) is 30.1 Å². The van der Waals surface area contributed by atoms with Gasteiger partial charge in [0.2, 0.25) is 5.88 Å². The molecule has 1 saturated heterocycles. The van der Waals surface area contributed by atoms with E-state index in [2.05, 4.69) is 25.5 Å². The summed E-state index contributed by atoms with van der Waals surface area (Å²) in [5.41, 5.74) is 4.03. The highest BCUT2D eigenvalue weighted by atomic mass is 16.5. The summed E-state index contributed by atoms with van der Waals surface area (Å²) in [6.07, 6.45) is 3.06. The summed E-state index contributed by atoms with van der Waals surface area (Å²) in [5, 5.41) is 17.4. The highest BCUT2D eigenvalue weighted by Gasteiger charge is 2.23. The Morgan fingerprint density at radius 2 is 2.12 bits per heavy atom. The van der Waals surface area contributed by atoms with Crippen LogP contribution < -0.4 is 20.1 Å². The van der Waals surface area contributed by atoms with Gasteiger partial charge in [0.05, 0.1) is 29.9 Å². The zero-order valence-corrected chi connectivity index (χ0v) is 19.2. The first-order chi connectivity index (χ1) is 16.6. The second-order valence-corrected chi connectivity index (χ2v) is 8.76. The molecule has 9 nitrogen and oxygen atoms in total. The fraction of sp³-hybridized carbons (Fsp3) is 0.400. The molecular formula is C25H29N5O4. The van der Waals surface area contributed by atoms with Gasteiger partial charge < -0.3 is 30.1 Å². The van der Waals surface area contributed by atoms with Crippen molar-refractivity contribution < 1.29 is 19.4 Å². The van der Waals surface area contributed by atoms with E-state index < -0.39 is 6.10 Å². The van der Waals surface area contributed by atoms with Crippen molar-refractivity contribution in [3.63, 3.8) is 0 Å². The highest BCUT2D eigenvalue weighted by Crippen LogP contribution is 2.29. The molecule has 34 heavy (non-hydrogen) atoms. The van der Waals surface area contributed by atoms with Crippen LogP contribution in [0.2, 0.25) is 0 Å². The third-order valence-electron chi connectivity index (χ3n) is 6.45. The molecule has 0 saturated carbocycles. The number of aromatic nitrogens is 2. The molecule has 1 fully saturated rings. The molecule has 4 heterocycles. The van der Waals surface area contributed by atoms with Crippen LogP contribution in [0, 0.1) is 0 Å². The number of methoxy groups -OCH3 is 1. The predicted octanol–water partition coefficient (Wildman–Crippen LogP) is 2.26. The smallest absolute Gasteiger partial charge is 0.262 e. The number of fused-ring (bicyclic) bond motifs is 2. The molecule has 0 radical (unpaired) electrons. The lowest BCUT2D eigenvalue weighted by molar-refractivity contribution is -0.118. The number of anilines is 1. The molecule has 2 aliphatic heterocycles. The van der Waals surface area contributed by atoms with E-state index in [-0.39, 0.29) is 12.5 Å². The summed E-state index contributed by atoms with van der Waals surface area (Å²) < 4.78 is 10.7. The molecule has 0 spiro atoms. The van der Waals surface area contributed by atoms with E-state index in [4.69, 9.17) is 9.47 Å². The van der Waals surface area contributed by atoms with Crippen molar-refractivity contribution in [3.05, 3.63) is 53.7 Å². The maximum Gasteiger partial charge on any atom is 0.262 e. The number of carbonyl (C=O) groups excluding carboxylic acids is 1. The third kappa shape index (κ3) is 4.96. The number of pyridine rings is 2. The van der Waals surface area contributed by atoms with Crippen molar-refractivity contribution in [2.75, 3.05) is 38.7 Å². The van der Waals surface area contributed by atoms with Crippen LogP contribution in [0.5, 0.6) is 11.6 Å². The zero-order valence-electron chi connectivity index (χ0n) is 19.2. The number of nitrogens with zero attached hydrogens (tertiary/aromatic N) is 3. The molecular weight excluding hydrogens is 434 g/mol. The van der Waals surface area contributed by atoms with E-state index in [9.17, 15) is 9.90 Å². The van der Waals surface area contributed by atoms with Crippen molar-refractivity contribution >= 4 is 22.6 Å². The molecule has 0 aliphatic carbocycles. The largest absolute Gasteiger partial charge is 0.482 e. The monoisotopic (exact) mass is 463 g/mol. The number of benzene rings is 1. The van der Waals surface area contributed by atoms with Crippen molar-refractivity contribution in [2.24, 2.45) is 0 Å². The molecule has 1 aromatic carbocycles. The van der Waals surface area contributed by atoms with E-state index in [1.165, 1.54) is 0 Å². The number of amides is 1. The number of likely N-dealkylation sites (tertiary alicyclic amines) is 1. The minimum absolute atomic E-state index is 0.0694. The molecule has 178 valence electrons. The van der Waals surface area contributed by atoms with E-state index in [1.807, 2.05) is 30.3 Å². The minimum atomic E-state index is -0.650. The number of rotatable bonds is 7. The fourth-order valence-electron chi connectivity index (χ4n) is 4.57. The zero-order chi connectivity index (χ0) is 23.5. The maximum atomic E-state index is 11.5. The fourth-order valence-corrected chi connectivity index (χ4v) is 4.57. The minimum Gasteiger partial charge on any atom is -0.482 e. The number of β-amino-alcohol motifs (C(OH)–C–C–N with tert-alkyl or cyclic N) is 1. The summed E-state index contributed by atoms with van der Waals surface area (Å²) in [6.45, 7) is 3.16. The van der Waals surface area contributed by atoms with Gasteiger partial charge in [-0.05, 0) is 55.8 Å². The van der Waals surface area contributed by atoms with Crippen molar-refractivity contribution in [3.8, 4) is 11.6 Å². The van der Waals surface area contributed by atoms with Gasteiger partial charge in [0, 0.05) is 37.0 Å². The summed E-state index contributed by atoms with van der Waals surface area (Å²) in [5.74, 6) is 1.10. The van der Waals surface area contributed by atoms with Gasteiger partial charge in [0.15, 0.2) is 6.61 Å². The van der Waals surface area contributed by atoms with Crippen LogP contribution in [-0.2, 0) is 11.3 Å². The number of carbonyl (C=O) groups is 1. The Balaban J connectivity index is 1.14. The second kappa shape index (κ2) is 9.92. The number of hydrogen-bond donors (Lipinski definition) is 3. The lowest BCUT2D eigenvalue weighted by Crippen LogP contribution is -2.43. The lowest BCUT2D eigenvalue weighted by Gasteiger charge is -2.33. The van der Waals surface area contributed by atoms with Crippen molar-refractivity contribution in [2.45, 2.75) is 31.5 Å². The Kier molecular flexibility index (Phi) is 6.57. The molecule has 2 aromatic heterocycles. The third-order valence-corrected chi connectivity index (χ3v) is 6.45. The van der Waals surface area contributed by atoms with Gasteiger partial charge >= 0.3 is 0 Å². The molecule has 9 heteroatoms. The number of hydrogen-bond acceptors (Lipinski definition) is 8. The molecule has 1 amide bonds. The lowest BCUT2D eigenvalue weighted by atomic mass is 10.0. The molecule has 0 unspecified atom stereocenters. The summed E-state index contributed by atoms with van der Waals surface area (Å²) in [4.78, 5) is 22.7. The number of aliphatic hydroxyl groups excluding tert-OH is 1. The quantitative estimate of drug-likeness (QED) is 0.490. The van der Waals surface area contributed by atoms with Crippen LogP contribution in [0.4, 0.5) is 5.69 Å². The molecule has 2 aliphatic rings. The first-order valence-electron chi connectivity index (χ1n) is 11.6. The van der Waals surface area contributed by atoms with Crippen LogP contribution in [0.3, 0.4) is 0 Å². The van der Waals surface area contributed by atoms with Crippen LogP contribution in [0.25, 0.3) is 11.0 Å². The standard InChI is InChI=1S/C25H29N5O4/c1-33-24-5-3-19-25(29-24)18(6-9-26-19)21(31)14-30-10-7-17(8-11-30)27-13-16-2-4-22-20(12-16)28-23(32)15-34-22/h2-6,9,12,17,21,27,31H,7-8,10-11,13-15H2,1H3,(H,28,32)/t21-/m0/s1. The average molecular weight is 464 g/mol. The van der Waals surface area contributed by atoms with Crippen LogP contribution in [0.15, 0.2) is 42.6 Å². The second-order valence-electron chi connectivity index (χ2n) is 8.76. The van der Waals surface area contributed by atoms with Gasteiger partial charge in [-0.2, -0.15) is 0 Å². The summed E-state index contributed by atoms with van der Waals surface area (Å²) >= 11 is 0. The molecule has 1 atom stereocenters. The Morgan fingerprint density at radius 1 is 1.26 bits per heavy atom. The van der Waals surface area contributed by atoms with Crippen LogP contribution in [-0.4, -0.2) is 65.3 Å². The number of ether oxygens (including phenoxy) is 2. The molecule has 0 bridgehead atoms. The number of nitrogens with one attached hydrogen (secondary N) is 2. The van der Waals surface area contributed by atoms with E-state index >= 15 is 0 Å². The Bertz CT molecular complexity index is 1180. The number of piperidine rings is 1. The van der Waals surface area contributed by atoms with Gasteiger partial charge in [-0.3, -0.25) is 9.78 Å². The molecule has 3 aromatic rings. The normalized spacial score (nSPS) is 17.6. The Labute approximate surface area is 198 Å².